The molecule has 25 heavy (non-hydrogen) atoms. The van der Waals surface area contributed by atoms with Crippen molar-refractivity contribution in [2.75, 3.05) is 20.2 Å². The van der Waals surface area contributed by atoms with Crippen LogP contribution in [0.1, 0.15) is 25.0 Å². The number of amides is 1. The van der Waals surface area contributed by atoms with E-state index in [2.05, 4.69) is 4.74 Å². The Balaban J connectivity index is 2.92. The Morgan fingerprint density at radius 1 is 1.36 bits per heavy atom. The molecule has 1 atom stereocenters. The summed E-state index contributed by atoms with van der Waals surface area (Å²) in [5.74, 6) is -1.40. The summed E-state index contributed by atoms with van der Waals surface area (Å²) in [4.78, 5) is 25.0. The van der Waals surface area contributed by atoms with E-state index in [9.17, 15) is 22.8 Å². The van der Waals surface area contributed by atoms with E-state index in [1.54, 1.807) is 13.8 Å². The number of nitrogens with zero attached hydrogens (tertiary/aromatic N) is 1. The molecule has 0 aromatic heterocycles. The number of carbonyl (C=O) groups excluding carboxylic acids is 2. The van der Waals surface area contributed by atoms with E-state index >= 15 is 0 Å². The minimum absolute atomic E-state index is 0.0851. The third-order valence-electron chi connectivity index (χ3n) is 3.52. The van der Waals surface area contributed by atoms with Crippen molar-refractivity contribution in [1.82, 2.24) is 4.90 Å². The summed E-state index contributed by atoms with van der Waals surface area (Å²) in [5, 5.41) is 0.100. The Bertz CT molecular complexity index is 659. The van der Waals surface area contributed by atoms with Gasteiger partial charge in [0.1, 0.15) is 0 Å². The molecule has 0 aliphatic rings. The molecule has 138 valence electrons. The number of alkyl halides is 3. The van der Waals surface area contributed by atoms with Crippen LogP contribution in [0.2, 0.25) is 5.02 Å². The van der Waals surface area contributed by atoms with Gasteiger partial charge in [0.2, 0.25) is 5.91 Å². The minimum Gasteiger partial charge on any atom is -0.469 e. The van der Waals surface area contributed by atoms with Crippen molar-refractivity contribution in [2.45, 2.75) is 20.0 Å². The SMILES string of the molecule is CCN(CC(C)C(=O)OC)C(=O)/C=C/c1cc(C(F)(F)F)ccc1Cl. The predicted molar refractivity (Wildman–Crippen MR) is 88.9 cm³/mol. The molecule has 4 nitrogen and oxygen atoms in total. The molecule has 0 N–H and O–H groups in total. The van der Waals surface area contributed by atoms with Gasteiger partial charge in [-0.1, -0.05) is 18.5 Å². The van der Waals surface area contributed by atoms with Crippen LogP contribution < -0.4 is 0 Å². The van der Waals surface area contributed by atoms with E-state index in [4.69, 9.17) is 11.6 Å². The van der Waals surface area contributed by atoms with Crippen LogP contribution in [0.5, 0.6) is 0 Å². The van der Waals surface area contributed by atoms with Gasteiger partial charge in [0.05, 0.1) is 18.6 Å². The summed E-state index contributed by atoms with van der Waals surface area (Å²) < 4.78 is 42.9. The van der Waals surface area contributed by atoms with Crippen LogP contribution in [0.15, 0.2) is 24.3 Å². The number of carbonyl (C=O) groups is 2. The van der Waals surface area contributed by atoms with E-state index in [1.165, 1.54) is 18.1 Å². The summed E-state index contributed by atoms with van der Waals surface area (Å²) >= 11 is 5.88. The van der Waals surface area contributed by atoms with Crippen LogP contribution in [0.25, 0.3) is 6.08 Å². The lowest BCUT2D eigenvalue weighted by molar-refractivity contribution is -0.146. The summed E-state index contributed by atoms with van der Waals surface area (Å²) in [7, 11) is 1.26. The molecule has 0 saturated heterocycles. The Hall–Kier alpha value is -2.02. The molecule has 1 aromatic rings. The lowest BCUT2D eigenvalue weighted by Gasteiger charge is -2.22. The lowest BCUT2D eigenvalue weighted by Crippen LogP contribution is -2.36. The fraction of sp³-hybridized carbons (Fsp3) is 0.412. The molecule has 1 unspecified atom stereocenters. The second kappa shape index (κ2) is 8.89. The number of halogens is 4. The highest BCUT2D eigenvalue weighted by Crippen LogP contribution is 2.32. The largest absolute Gasteiger partial charge is 0.469 e. The smallest absolute Gasteiger partial charge is 0.416 e. The Kier molecular flexibility index (Phi) is 7.48. The molecule has 0 aliphatic heterocycles. The second-order valence-corrected chi connectivity index (χ2v) is 5.78. The van der Waals surface area contributed by atoms with Gasteiger partial charge < -0.3 is 9.64 Å². The zero-order valence-electron chi connectivity index (χ0n) is 14.1. The van der Waals surface area contributed by atoms with Crippen molar-refractivity contribution in [3.05, 3.63) is 40.4 Å². The van der Waals surface area contributed by atoms with Crippen LogP contribution in [0, 0.1) is 5.92 Å². The summed E-state index contributed by atoms with van der Waals surface area (Å²) in [5.41, 5.74) is -0.766. The third-order valence-corrected chi connectivity index (χ3v) is 3.86. The first kappa shape index (κ1) is 21.0. The lowest BCUT2D eigenvalue weighted by atomic mass is 10.1. The maximum Gasteiger partial charge on any atom is 0.416 e. The van der Waals surface area contributed by atoms with E-state index in [0.717, 1.165) is 24.3 Å². The highest BCUT2D eigenvalue weighted by Gasteiger charge is 2.30. The van der Waals surface area contributed by atoms with Crippen molar-refractivity contribution in [3.63, 3.8) is 0 Å². The fourth-order valence-electron chi connectivity index (χ4n) is 2.10. The van der Waals surface area contributed by atoms with Crippen molar-refractivity contribution in [3.8, 4) is 0 Å². The maximum absolute atomic E-state index is 12.7. The minimum atomic E-state index is -4.50. The summed E-state index contributed by atoms with van der Waals surface area (Å²) in [6.07, 6.45) is -2.14. The maximum atomic E-state index is 12.7. The van der Waals surface area contributed by atoms with E-state index in [-0.39, 0.29) is 17.1 Å². The Morgan fingerprint density at radius 2 is 2.00 bits per heavy atom. The number of hydrogen-bond acceptors (Lipinski definition) is 3. The van der Waals surface area contributed by atoms with E-state index in [0.29, 0.717) is 6.54 Å². The average Bonchev–Trinajstić information content (AvgIpc) is 2.56. The Morgan fingerprint density at radius 3 is 2.52 bits per heavy atom. The van der Waals surface area contributed by atoms with Crippen LogP contribution in [0.3, 0.4) is 0 Å². The van der Waals surface area contributed by atoms with Crippen LogP contribution in [0.4, 0.5) is 13.2 Å². The molecular weight excluding hydrogens is 359 g/mol. The molecule has 0 saturated carbocycles. The van der Waals surface area contributed by atoms with Gasteiger partial charge in [-0.2, -0.15) is 13.2 Å². The number of rotatable bonds is 6. The van der Waals surface area contributed by atoms with Crippen molar-refractivity contribution < 1.29 is 27.5 Å². The van der Waals surface area contributed by atoms with Gasteiger partial charge in [-0.15, -0.1) is 0 Å². The molecule has 8 heteroatoms. The molecule has 0 spiro atoms. The summed E-state index contributed by atoms with van der Waals surface area (Å²) in [6.45, 7) is 3.83. The topological polar surface area (TPSA) is 46.6 Å². The van der Waals surface area contributed by atoms with Gasteiger partial charge in [-0.05, 0) is 36.8 Å². The quantitative estimate of drug-likeness (QED) is 0.555. The number of esters is 1. The van der Waals surface area contributed by atoms with Gasteiger partial charge in [0.25, 0.3) is 0 Å². The zero-order chi connectivity index (χ0) is 19.2. The van der Waals surface area contributed by atoms with E-state index < -0.39 is 29.5 Å². The number of likely N-dealkylation sites (N-methyl/N-ethyl adjacent to an activating group) is 1. The fourth-order valence-corrected chi connectivity index (χ4v) is 2.28. The molecular formula is C17H19ClF3NO3. The average molecular weight is 378 g/mol. The first-order valence-electron chi connectivity index (χ1n) is 7.51. The normalized spacial score (nSPS) is 12.9. The van der Waals surface area contributed by atoms with Crippen LogP contribution in [-0.2, 0) is 20.5 Å². The molecule has 0 fully saturated rings. The molecule has 0 bridgehead atoms. The molecule has 1 amide bonds. The molecule has 0 radical (unpaired) electrons. The van der Waals surface area contributed by atoms with Crippen molar-refractivity contribution in [2.24, 2.45) is 5.92 Å². The van der Waals surface area contributed by atoms with Gasteiger partial charge in [0.15, 0.2) is 0 Å². The zero-order valence-corrected chi connectivity index (χ0v) is 14.8. The standard InChI is InChI=1S/C17H19ClF3NO3/c1-4-22(10-11(2)16(24)25-3)15(23)8-5-12-9-13(17(19,20)21)6-7-14(12)18/h5-9,11H,4,10H2,1-3H3/b8-5+. The molecule has 1 aromatic carbocycles. The number of hydrogen-bond donors (Lipinski definition) is 0. The second-order valence-electron chi connectivity index (χ2n) is 5.37. The molecule has 1 rings (SSSR count). The number of benzene rings is 1. The monoisotopic (exact) mass is 377 g/mol. The van der Waals surface area contributed by atoms with E-state index in [1.807, 2.05) is 0 Å². The number of ether oxygens (including phenoxy) is 1. The van der Waals surface area contributed by atoms with Gasteiger partial charge in [-0.3, -0.25) is 9.59 Å². The van der Waals surface area contributed by atoms with Gasteiger partial charge in [0, 0.05) is 24.2 Å². The van der Waals surface area contributed by atoms with Crippen LogP contribution >= 0.6 is 11.6 Å². The first-order chi connectivity index (χ1) is 11.6. The first-order valence-corrected chi connectivity index (χ1v) is 7.89. The molecule has 0 aliphatic carbocycles. The third kappa shape index (κ3) is 6.08. The highest BCUT2D eigenvalue weighted by atomic mass is 35.5. The Labute approximate surface area is 149 Å². The summed E-state index contributed by atoms with van der Waals surface area (Å²) in [6, 6.07) is 2.88. The van der Waals surface area contributed by atoms with Crippen molar-refractivity contribution >= 4 is 29.6 Å². The van der Waals surface area contributed by atoms with Gasteiger partial charge >= 0.3 is 12.1 Å². The van der Waals surface area contributed by atoms with Gasteiger partial charge in [-0.25, -0.2) is 0 Å². The number of methoxy groups -OCH3 is 1. The predicted octanol–water partition coefficient (Wildman–Crippen LogP) is 4.03. The van der Waals surface area contributed by atoms with Crippen molar-refractivity contribution in [1.29, 1.82) is 0 Å². The van der Waals surface area contributed by atoms with Crippen LogP contribution in [-0.4, -0.2) is 37.0 Å². The highest BCUT2D eigenvalue weighted by molar-refractivity contribution is 6.32. The molecule has 0 heterocycles.